The van der Waals surface area contributed by atoms with E-state index in [0.717, 1.165) is 24.2 Å². The summed E-state index contributed by atoms with van der Waals surface area (Å²) in [6, 6.07) is 2.86. The summed E-state index contributed by atoms with van der Waals surface area (Å²) in [5, 5.41) is 25.0. The summed E-state index contributed by atoms with van der Waals surface area (Å²) in [5.74, 6) is -0.961. The number of carbonyl (C=O) groups is 1. The van der Waals surface area contributed by atoms with Crippen molar-refractivity contribution in [2.75, 3.05) is 17.7 Å². The number of aliphatic hydroxyl groups excluding tert-OH is 1. The van der Waals surface area contributed by atoms with Gasteiger partial charge in [0.2, 0.25) is 10.9 Å². The van der Waals surface area contributed by atoms with Gasteiger partial charge in [-0.05, 0) is 25.3 Å². The number of aliphatic hydroxyl groups is 1. The summed E-state index contributed by atoms with van der Waals surface area (Å²) in [4.78, 5) is 25.0. The van der Waals surface area contributed by atoms with Gasteiger partial charge in [-0.3, -0.25) is 10.1 Å². The molecule has 0 bridgehead atoms. The van der Waals surface area contributed by atoms with Crippen molar-refractivity contribution in [2.24, 2.45) is 7.05 Å². The number of carbonyl (C=O) groups excluding carboxylic acids is 1. The zero-order chi connectivity index (χ0) is 22.1. The van der Waals surface area contributed by atoms with Crippen LogP contribution in [0.15, 0.2) is 27.5 Å². The van der Waals surface area contributed by atoms with E-state index in [1.54, 1.807) is 16.8 Å². The summed E-state index contributed by atoms with van der Waals surface area (Å²) < 4.78 is 12.0. The molecular formula is C19H20ClN5O5S. The molecule has 1 fully saturated rings. The van der Waals surface area contributed by atoms with Gasteiger partial charge in [0.05, 0.1) is 35.7 Å². The Labute approximate surface area is 185 Å². The van der Waals surface area contributed by atoms with E-state index in [1.807, 2.05) is 7.05 Å². The van der Waals surface area contributed by atoms with E-state index >= 15 is 0 Å². The lowest BCUT2D eigenvalue weighted by Crippen LogP contribution is -2.29. The Morgan fingerprint density at radius 1 is 1.42 bits per heavy atom. The van der Waals surface area contributed by atoms with Crippen LogP contribution in [0.3, 0.4) is 0 Å². The van der Waals surface area contributed by atoms with E-state index < -0.39 is 17.6 Å². The number of anilines is 2. The van der Waals surface area contributed by atoms with Gasteiger partial charge in [-0.15, -0.1) is 10.2 Å². The number of nitrogens with zero attached hydrogens (tertiary/aromatic N) is 3. The van der Waals surface area contributed by atoms with Crippen molar-refractivity contribution < 1.29 is 19.1 Å². The molecule has 3 aromatic rings. The van der Waals surface area contributed by atoms with E-state index in [1.165, 1.54) is 13.2 Å². The third-order valence-corrected chi connectivity index (χ3v) is 6.18. The molecular weight excluding hydrogens is 446 g/mol. The lowest BCUT2D eigenvalue weighted by Gasteiger charge is -2.19. The lowest BCUT2D eigenvalue weighted by molar-refractivity contribution is 0.0991. The molecule has 0 radical (unpaired) electrons. The number of nitrogens with one attached hydrogen (secondary N) is 2. The quantitative estimate of drug-likeness (QED) is 0.506. The van der Waals surface area contributed by atoms with Gasteiger partial charge in [0.15, 0.2) is 10.8 Å². The molecule has 3 aromatic heterocycles. The van der Waals surface area contributed by atoms with E-state index in [0.29, 0.717) is 22.1 Å². The zero-order valence-electron chi connectivity index (χ0n) is 16.7. The SMILES string of the molecule is COc1c(N[C@H]2CCC[C@H]2O)cc(C(=O)Nc2nnc(-c3c(Cl)ccn3C)s2)oc1=O. The molecule has 1 saturated carbocycles. The number of aromatic nitrogens is 3. The summed E-state index contributed by atoms with van der Waals surface area (Å²) >= 11 is 7.31. The molecule has 1 aliphatic rings. The van der Waals surface area contributed by atoms with Crippen LogP contribution in [0.25, 0.3) is 10.7 Å². The van der Waals surface area contributed by atoms with Crippen LogP contribution in [0.5, 0.6) is 5.75 Å². The first kappa shape index (κ1) is 21.3. The number of amides is 1. The normalized spacial score (nSPS) is 18.2. The first-order valence-electron chi connectivity index (χ1n) is 9.50. The maximum absolute atomic E-state index is 12.7. The predicted octanol–water partition coefficient (Wildman–Crippen LogP) is 2.74. The molecule has 2 atom stereocenters. The van der Waals surface area contributed by atoms with Gasteiger partial charge >= 0.3 is 5.63 Å². The Balaban J connectivity index is 1.57. The van der Waals surface area contributed by atoms with Gasteiger partial charge in [-0.25, -0.2) is 4.79 Å². The highest BCUT2D eigenvalue weighted by molar-refractivity contribution is 7.18. The maximum Gasteiger partial charge on any atom is 0.381 e. The predicted molar refractivity (Wildman–Crippen MR) is 116 cm³/mol. The van der Waals surface area contributed by atoms with Crippen molar-refractivity contribution in [3.8, 4) is 16.5 Å². The van der Waals surface area contributed by atoms with Crippen molar-refractivity contribution in [3.63, 3.8) is 0 Å². The average molecular weight is 466 g/mol. The molecule has 1 aliphatic carbocycles. The fourth-order valence-electron chi connectivity index (χ4n) is 3.48. The first-order chi connectivity index (χ1) is 14.9. The molecule has 4 rings (SSSR count). The van der Waals surface area contributed by atoms with Gasteiger partial charge in [0.1, 0.15) is 0 Å². The Morgan fingerprint density at radius 3 is 2.87 bits per heavy atom. The van der Waals surface area contributed by atoms with Crippen LogP contribution < -0.4 is 21.0 Å². The monoisotopic (exact) mass is 465 g/mol. The number of halogens is 1. The van der Waals surface area contributed by atoms with Crippen LogP contribution in [0.2, 0.25) is 5.02 Å². The van der Waals surface area contributed by atoms with Crippen LogP contribution in [0.1, 0.15) is 29.8 Å². The van der Waals surface area contributed by atoms with Gasteiger partial charge < -0.3 is 24.1 Å². The Morgan fingerprint density at radius 2 is 2.23 bits per heavy atom. The molecule has 0 aliphatic heterocycles. The maximum atomic E-state index is 12.7. The van der Waals surface area contributed by atoms with E-state index in [4.69, 9.17) is 20.8 Å². The minimum atomic E-state index is -0.807. The molecule has 0 aromatic carbocycles. The molecule has 12 heteroatoms. The van der Waals surface area contributed by atoms with Crippen molar-refractivity contribution in [3.05, 3.63) is 39.5 Å². The van der Waals surface area contributed by atoms with E-state index in [9.17, 15) is 14.7 Å². The molecule has 164 valence electrons. The highest BCUT2D eigenvalue weighted by Crippen LogP contribution is 2.33. The standard InChI is InChI=1S/C19H20ClN5O5S/c1-25-7-6-9(20)14(25)17-23-24-19(31-17)22-16(27)13-8-11(15(29-2)18(28)30-13)21-10-4-3-5-12(10)26/h6-8,10,12,21,26H,3-5H2,1-2H3,(H,22,24,27)/t10-,12+/m0/s1. The average Bonchev–Trinajstić information content (AvgIpc) is 3.43. The smallest absolute Gasteiger partial charge is 0.381 e. The molecule has 0 spiro atoms. The topological polar surface area (TPSA) is 132 Å². The molecule has 0 saturated heterocycles. The van der Waals surface area contributed by atoms with Crippen LogP contribution in [0.4, 0.5) is 10.8 Å². The van der Waals surface area contributed by atoms with Crippen LogP contribution in [-0.2, 0) is 7.05 Å². The zero-order valence-corrected chi connectivity index (χ0v) is 18.3. The number of hydrogen-bond donors (Lipinski definition) is 3. The highest BCUT2D eigenvalue weighted by Gasteiger charge is 2.27. The van der Waals surface area contributed by atoms with Crippen molar-refractivity contribution >= 4 is 39.7 Å². The summed E-state index contributed by atoms with van der Waals surface area (Å²) in [7, 11) is 3.16. The third kappa shape index (κ3) is 4.29. The van der Waals surface area contributed by atoms with Crippen molar-refractivity contribution in [2.45, 2.75) is 31.4 Å². The number of aryl methyl sites for hydroxylation is 1. The van der Waals surface area contributed by atoms with Crippen LogP contribution in [-0.4, -0.2) is 45.0 Å². The van der Waals surface area contributed by atoms with Gasteiger partial charge in [0.25, 0.3) is 5.91 Å². The summed E-state index contributed by atoms with van der Waals surface area (Å²) in [5.41, 5.74) is 0.152. The van der Waals surface area contributed by atoms with Gasteiger partial charge in [-0.2, -0.15) is 0 Å². The lowest BCUT2D eigenvalue weighted by atomic mass is 10.2. The molecule has 3 N–H and O–H groups in total. The minimum Gasteiger partial charge on any atom is -0.488 e. The molecule has 31 heavy (non-hydrogen) atoms. The third-order valence-electron chi connectivity index (χ3n) is 5.03. The van der Waals surface area contributed by atoms with Gasteiger partial charge in [0, 0.05) is 19.3 Å². The number of methoxy groups -OCH3 is 1. The molecule has 3 heterocycles. The molecule has 1 amide bonds. The Hall–Kier alpha value is -2.89. The van der Waals surface area contributed by atoms with Gasteiger partial charge in [-0.1, -0.05) is 22.9 Å². The number of ether oxygens (including phenoxy) is 1. The van der Waals surface area contributed by atoms with Crippen molar-refractivity contribution in [1.82, 2.24) is 14.8 Å². The number of rotatable bonds is 6. The van der Waals surface area contributed by atoms with Crippen LogP contribution >= 0.6 is 22.9 Å². The Bertz CT molecular complexity index is 1150. The van der Waals surface area contributed by atoms with Crippen molar-refractivity contribution in [1.29, 1.82) is 0 Å². The largest absolute Gasteiger partial charge is 0.488 e. The first-order valence-corrected chi connectivity index (χ1v) is 10.7. The summed E-state index contributed by atoms with van der Waals surface area (Å²) in [6.07, 6.45) is 3.51. The van der Waals surface area contributed by atoms with Crippen LogP contribution in [0, 0.1) is 0 Å². The fourth-order valence-corrected chi connectivity index (χ4v) is 4.66. The molecule has 0 unspecified atom stereocenters. The summed E-state index contributed by atoms with van der Waals surface area (Å²) in [6.45, 7) is 0. The minimum absolute atomic E-state index is 0.0628. The second kappa shape index (κ2) is 8.69. The Kier molecular flexibility index (Phi) is 5.99. The fraction of sp³-hybridized carbons (Fsp3) is 0.368. The van der Waals surface area contributed by atoms with E-state index in [2.05, 4.69) is 20.8 Å². The number of hydrogen-bond acceptors (Lipinski definition) is 9. The second-order valence-corrected chi connectivity index (χ2v) is 8.47. The second-order valence-electron chi connectivity index (χ2n) is 7.08. The molecule has 10 nitrogen and oxygen atoms in total. The highest BCUT2D eigenvalue weighted by atomic mass is 35.5. The van der Waals surface area contributed by atoms with E-state index in [-0.39, 0.29) is 28.4 Å².